The van der Waals surface area contributed by atoms with Crippen molar-refractivity contribution in [3.63, 3.8) is 0 Å². The Bertz CT molecular complexity index is 971. The molecule has 1 radical (unpaired) electrons. The van der Waals surface area contributed by atoms with Crippen LogP contribution in [0.1, 0.15) is 34.5 Å². The lowest BCUT2D eigenvalue weighted by atomic mass is 10.1. The number of primary amides is 1. The molecular weight excluding hydrogens is 318 g/mol. The molecule has 125 valence electrons. The Kier molecular flexibility index (Phi) is 3.75. The number of aromatic nitrogens is 1. The first-order valence-corrected chi connectivity index (χ1v) is 8.10. The van der Waals surface area contributed by atoms with Crippen molar-refractivity contribution >= 4 is 29.1 Å². The monoisotopic (exact) mass is 334 g/mol. The van der Waals surface area contributed by atoms with Gasteiger partial charge < -0.3 is 5.73 Å². The Morgan fingerprint density at radius 2 is 2.16 bits per heavy atom. The van der Waals surface area contributed by atoms with Gasteiger partial charge in [0, 0.05) is 10.9 Å². The van der Waals surface area contributed by atoms with Gasteiger partial charge in [0.15, 0.2) is 0 Å². The molecule has 3 N–H and O–H groups in total. The fourth-order valence-electron chi connectivity index (χ4n) is 3.35. The fourth-order valence-corrected chi connectivity index (χ4v) is 3.35. The molecule has 1 fully saturated rings. The zero-order valence-corrected chi connectivity index (χ0v) is 13.5. The minimum atomic E-state index is -0.651. The first-order chi connectivity index (χ1) is 12.2. The molecule has 0 saturated carbocycles. The van der Waals surface area contributed by atoms with E-state index < -0.39 is 6.03 Å². The number of hydrogen-bond donors (Lipinski definition) is 2. The molecule has 2 amide bonds. The van der Waals surface area contributed by atoms with Crippen molar-refractivity contribution in [2.45, 2.75) is 12.8 Å². The lowest BCUT2D eigenvalue weighted by Crippen LogP contribution is -2.22. The highest BCUT2D eigenvalue weighted by molar-refractivity contribution is 6.17. The molecule has 0 unspecified atom stereocenters. The number of amides is 2. The second kappa shape index (κ2) is 6.07. The molecule has 1 aromatic heterocycles. The van der Waals surface area contributed by atoms with Crippen LogP contribution in [0.2, 0.25) is 0 Å². The summed E-state index contributed by atoms with van der Waals surface area (Å²) in [6, 6.07) is 5.43. The van der Waals surface area contributed by atoms with Crippen molar-refractivity contribution in [3.05, 3.63) is 35.0 Å². The lowest BCUT2D eigenvalue weighted by Gasteiger charge is -2.08. The average molecular weight is 334 g/mol. The molecular formula is C18H16N5O2. The van der Waals surface area contributed by atoms with Crippen molar-refractivity contribution in [1.82, 2.24) is 14.9 Å². The van der Waals surface area contributed by atoms with Gasteiger partial charge in [-0.3, -0.25) is 14.3 Å². The fraction of sp³-hybridized carbons (Fsp3) is 0.278. The van der Waals surface area contributed by atoms with Gasteiger partial charge in [0.2, 0.25) is 0 Å². The van der Waals surface area contributed by atoms with Crippen LogP contribution >= 0.6 is 0 Å². The number of rotatable bonds is 1. The molecule has 7 heteroatoms. The van der Waals surface area contributed by atoms with E-state index in [0.717, 1.165) is 13.1 Å². The van der Waals surface area contributed by atoms with Gasteiger partial charge in [0.25, 0.3) is 5.91 Å². The van der Waals surface area contributed by atoms with Crippen LogP contribution in [0.25, 0.3) is 10.9 Å². The number of nitrogens with two attached hydrogens (primary N) is 1. The van der Waals surface area contributed by atoms with E-state index >= 15 is 0 Å². The Morgan fingerprint density at radius 3 is 2.92 bits per heavy atom. The highest BCUT2D eigenvalue weighted by Crippen LogP contribution is 2.28. The van der Waals surface area contributed by atoms with Crippen molar-refractivity contribution in [3.8, 4) is 11.8 Å². The number of carbonyl (C=O) groups excluding carboxylic acids is 2. The topological polar surface area (TPSA) is 92.7 Å². The van der Waals surface area contributed by atoms with Crippen LogP contribution < -0.4 is 11.2 Å². The molecule has 1 aromatic carbocycles. The van der Waals surface area contributed by atoms with Crippen molar-refractivity contribution in [1.29, 1.82) is 0 Å². The summed E-state index contributed by atoms with van der Waals surface area (Å²) >= 11 is 0. The van der Waals surface area contributed by atoms with E-state index in [0.29, 0.717) is 34.3 Å². The molecule has 7 nitrogen and oxygen atoms in total. The maximum absolute atomic E-state index is 12.2. The van der Waals surface area contributed by atoms with E-state index in [9.17, 15) is 9.59 Å². The average Bonchev–Trinajstić information content (AvgIpc) is 3.16. The minimum Gasteiger partial charge on any atom is -0.351 e. The Morgan fingerprint density at radius 1 is 1.36 bits per heavy atom. The third-order valence-electron chi connectivity index (χ3n) is 4.50. The number of nitrogens with one attached hydrogen (secondary N) is 1. The smallest absolute Gasteiger partial charge is 0.324 e. The van der Waals surface area contributed by atoms with Crippen LogP contribution in [-0.4, -0.2) is 47.3 Å². The highest BCUT2D eigenvalue weighted by Gasteiger charge is 2.24. The van der Waals surface area contributed by atoms with E-state index in [1.54, 1.807) is 12.1 Å². The summed E-state index contributed by atoms with van der Waals surface area (Å²) in [6.45, 7) is 2.71. The number of likely N-dealkylation sites (tertiary alicyclic amines) is 1. The van der Waals surface area contributed by atoms with Gasteiger partial charge in [-0.25, -0.2) is 10.2 Å². The Labute approximate surface area is 144 Å². The molecule has 4 rings (SSSR count). The van der Waals surface area contributed by atoms with Crippen LogP contribution in [0.3, 0.4) is 0 Å². The van der Waals surface area contributed by atoms with E-state index in [1.807, 2.05) is 0 Å². The molecule has 2 aliphatic heterocycles. The number of benzene rings is 1. The maximum Gasteiger partial charge on any atom is 0.324 e. The molecule has 0 aliphatic carbocycles. The molecule has 2 aliphatic rings. The van der Waals surface area contributed by atoms with Crippen LogP contribution in [-0.2, 0) is 0 Å². The minimum absolute atomic E-state index is 0.352. The van der Waals surface area contributed by atoms with Gasteiger partial charge in [0.1, 0.15) is 5.69 Å². The van der Waals surface area contributed by atoms with Crippen molar-refractivity contribution < 1.29 is 9.59 Å². The number of hydrazone groups is 1. The molecule has 2 aromatic rings. The molecule has 1 saturated heterocycles. The van der Waals surface area contributed by atoms with Gasteiger partial charge in [0.05, 0.1) is 23.8 Å². The van der Waals surface area contributed by atoms with Crippen molar-refractivity contribution in [2.75, 3.05) is 19.6 Å². The second-order valence-corrected chi connectivity index (χ2v) is 6.05. The van der Waals surface area contributed by atoms with Gasteiger partial charge in [-0.1, -0.05) is 5.92 Å². The Hall–Kier alpha value is -3.11. The molecule has 3 heterocycles. The molecule has 0 bridgehead atoms. The van der Waals surface area contributed by atoms with Gasteiger partial charge >= 0.3 is 6.03 Å². The lowest BCUT2D eigenvalue weighted by molar-refractivity contribution is 0.0957. The quantitative estimate of drug-likeness (QED) is 0.759. The number of hydrogen-bond acceptors (Lipinski definition) is 4. The number of nitrogens with zero attached hydrogens (tertiary/aromatic N) is 3. The van der Waals surface area contributed by atoms with Crippen LogP contribution in [0.15, 0.2) is 17.2 Å². The largest absolute Gasteiger partial charge is 0.351 e. The summed E-state index contributed by atoms with van der Waals surface area (Å²) in [6.07, 6.45) is 3.89. The van der Waals surface area contributed by atoms with Gasteiger partial charge in [-0.15, -0.1) is 0 Å². The first-order valence-electron chi connectivity index (χ1n) is 8.10. The molecule has 0 spiro atoms. The predicted molar refractivity (Wildman–Crippen MR) is 93.4 cm³/mol. The molecule has 0 atom stereocenters. The summed E-state index contributed by atoms with van der Waals surface area (Å²) in [5.74, 6) is 5.83. The highest BCUT2D eigenvalue weighted by atomic mass is 16.2. The Balaban J connectivity index is 1.90. The summed E-state index contributed by atoms with van der Waals surface area (Å²) in [5.41, 5.74) is 9.98. The normalized spacial score (nSPS) is 16.4. The standard InChI is InChI=1S/C18H16N5O2/c19-18(25)23-14(7-4-10-22-8-1-2-9-22)13-11-20-21-17(24)12-5-3-6-15(23)16(12)13/h5-6,11H,1-2,8-10H2,(H2,19,25)(H,21,24). The summed E-state index contributed by atoms with van der Waals surface area (Å²) in [5, 5.41) is 4.54. The predicted octanol–water partition coefficient (Wildman–Crippen LogP) is 0.893. The van der Waals surface area contributed by atoms with Crippen molar-refractivity contribution in [2.24, 2.45) is 10.8 Å². The summed E-state index contributed by atoms with van der Waals surface area (Å²) in [7, 11) is 0. The summed E-state index contributed by atoms with van der Waals surface area (Å²) in [4.78, 5) is 26.5. The first kappa shape index (κ1) is 15.4. The van der Waals surface area contributed by atoms with Crippen LogP contribution in [0.5, 0.6) is 0 Å². The van der Waals surface area contributed by atoms with Crippen LogP contribution in [0, 0.1) is 17.9 Å². The summed E-state index contributed by atoms with van der Waals surface area (Å²) < 4.78 is 1.33. The van der Waals surface area contributed by atoms with Crippen LogP contribution in [0.4, 0.5) is 4.79 Å². The van der Waals surface area contributed by atoms with E-state index in [1.165, 1.54) is 23.6 Å². The zero-order chi connectivity index (χ0) is 17.4. The zero-order valence-electron chi connectivity index (χ0n) is 13.5. The van der Waals surface area contributed by atoms with E-state index in [4.69, 9.17) is 5.73 Å². The third kappa shape index (κ3) is 2.57. The maximum atomic E-state index is 12.2. The van der Waals surface area contributed by atoms with E-state index in [2.05, 4.69) is 33.3 Å². The SMILES string of the molecule is NC(=O)n1c(C#CCN2CCCC2)c2c3c(c[c]cc31)C(=O)NN=C2. The molecule has 25 heavy (non-hydrogen) atoms. The van der Waals surface area contributed by atoms with Gasteiger partial charge in [-0.05, 0) is 50.1 Å². The second-order valence-electron chi connectivity index (χ2n) is 6.05. The van der Waals surface area contributed by atoms with Gasteiger partial charge in [-0.2, -0.15) is 5.10 Å². The van der Waals surface area contributed by atoms with E-state index in [-0.39, 0.29) is 5.91 Å². The number of carbonyl (C=O) groups is 2. The third-order valence-corrected chi connectivity index (χ3v) is 4.50.